The van der Waals surface area contributed by atoms with Crippen LogP contribution in [-0.4, -0.2) is 39.1 Å². The molecular formula is C30H29F3N4O3. The number of carbonyl (C=O) groups is 2. The molecular weight excluding hydrogens is 521 g/mol. The van der Waals surface area contributed by atoms with Crippen LogP contribution in [0.3, 0.4) is 0 Å². The van der Waals surface area contributed by atoms with Crippen LogP contribution in [0.5, 0.6) is 0 Å². The average molecular weight is 551 g/mol. The molecule has 2 heterocycles. The van der Waals surface area contributed by atoms with E-state index < -0.39 is 17.3 Å². The van der Waals surface area contributed by atoms with Gasteiger partial charge in [0, 0.05) is 30.6 Å². The van der Waals surface area contributed by atoms with Gasteiger partial charge < -0.3 is 10.2 Å². The second-order valence-corrected chi connectivity index (χ2v) is 11.1. The molecule has 0 unspecified atom stereocenters. The van der Waals surface area contributed by atoms with Gasteiger partial charge in [0.05, 0.1) is 5.56 Å². The Balaban J connectivity index is 1.48. The highest BCUT2D eigenvalue weighted by molar-refractivity contribution is 5.99. The van der Waals surface area contributed by atoms with E-state index in [4.69, 9.17) is 4.63 Å². The first-order chi connectivity index (χ1) is 18.9. The van der Waals surface area contributed by atoms with Crippen LogP contribution >= 0.6 is 0 Å². The van der Waals surface area contributed by atoms with Gasteiger partial charge in [0.1, 0.15) is 11.0 Å². The SMILES string of the molecule is CC(C)(C)NC(=O)N1CCc2c(-c3cccc(C(F)(F)F)c3)ccc(C(=O)CCc3ccc4nonc4c3)c2C1. The number of amides is 2. The van der Waals surface area contributed by atoms with Gasteiger partial charge in [0.25, 0.3) is 0 Å². The average Bonchev–Trinajstić information content (AvgIpc) is 3.37. The lowest BCUT2D eigenvalue weighted by Gasteiger charge is -2.34. The fourth-order valence-corrected chi connectivity index (χ4v) is 5.02. The van der Waals surface area contributed by atoms with Crippen molar-refractivity contribution in [3.05, 3.63) is 82.4 Å². The minimum atomic E-state index is -4.47. The molecule has 1 aliphatic heterocycles. The monoisotopic (exact) mass is 550 g/mol. The summed E-state index contributed by atoms with van der Waals surface area (Å²) in [5.74, 6) is -0.108. The molecule has 0 spiro atoms. The zero-order valence-corrected chi connectivity index (χ0v) is 22.4. The molecule has 5 rings (SSSR count). The number of fused-ring (bicyclic) bond motifs is 2. The first-order valence-corrected chi connectivity index (χ1v) is 13.0. The topological polar surface area (TPSA) is 88.3 Å². The first kappa shape index (κ1) is 27.4. The molecule has 0 saturated carbocycles. The van der Waals surface area contributed by atoms with E-state index in [0.717, 1.165) is 23.3 Å². The summed E-state index contributed by atoms with van der Waals surface area (Å²) < 4.78 is 45.1. The number of alkyl halides is 3. The molecule has 1 aliphatic rings. The van der Waals surface area contributed by atoms with E-state index in [1.807, 2.05) is 32.9 Å². The van der Waals surface area contributed by atoms with Crippen molar-refractivity contribution in [2.75, 3.05) is 6.54 Å². The van der Waals surface area contributed by atoms with Crippen LogP contribution in [0, 0.1) is 0 Å². The molecule has 7 nitrogen and oxygen atoms in total. The number of aromatic nitrogens is 2. The predicted molar refractivity (Wildman–Crippen MR) is 144 cm³/mol. The highest BCUT2D eigenvalue weighted by atomic mass is 19.4. The Labute approximate surface area is 229 Å². The van der Waals surface area contributed by atoms with Crippen LogP contribution in [0.15, 0.2) is 59.2 Å². The van der Waals surface area contributed by atoms with Gasteiger partial charge in [-0.1, -0.05) is 30.3 Å². The van der Waals surface area contributed by atoms with Crippen molar-refractivity contribution in [3.63, 3.8) is 0 Å². The van der Waals surface area contributed by atoms with Gasteiger partial charge in [-0.3, -0.25) is 4.79 Å². The zero-order chi connectivity index (χ0) is 28.7. The Morgan fingerprint density at radius 3 is 2.50 bits per heavy atom. The van der Waals surface area contributed by atoms with Gasteiger partial charge in [-0.15, -0.1) is 0 Å². The number of halogens is 3. The number of nitrogens with one attached hydrogen (secondary N) is 1. The van der Waals surface area contributed by atoms with Crippen molar-refractivity contribution in [1.29, 1.82) is 0 Å². The van der Waals surface area contributed by atoms with E-state index >= 15 is 0 Å². The zero-order valence-electron chi connectivity index (χ0n) is 22.4. The third-order valence-corrected chi connectivity index (χ3v) is 6.94. The Bertz CT molecular complexity index is 1590. The van der Waals surface area contributed by atoms with Crippen LogP contribution in [0.4, 0.5) is 18.0 Å². The highest BCUT2D eigenvalue weighted by Crippen LogP contribution is 2.37. The Hall–Kier alpha value is -4.21. The van der Waals surface area contributed by atoms with E-state index in [0.29, 0.717) is 52.7 Å². The van der Waals surface area contributed by atoms with E-state index in [9.17, 15) is 22.8 Å². The van der Waals surface area contributed by atoms with Crippen molar-refractivity contribution < 1.29 is 27.4 Å². The molecule has 1 aromatic heterocycles. The van der Waals surface area contributed by atoms with Crippen molar-refractivity contribution in [3.8, 4) is 11.1 Å². The summed E-state index contributed by atoms with van der Waals surface area (Å²) in [4.78, 5) is 28.2. The number of Topliss-reactive ketones (excluding diaryl/α,β-unsaturated/α-hetero) is 1. The van der Waals surface area contributed by atoms with Crippen LogP contribution < -0.4 is 5.32 Å². The molecule has 0 fully saturated rings. The third-order valence-electron chi connectivity index (χ3n) is 6.94. The van der Waals surface area contributed by atoms with E-state index in [-0.39, 0.29) is 24.8 Å². The quantitative estimate of drug-likeness (QED) is 0.283. The van der Waals surface area contributed by atoms with Crippen molar-refractivity contribution in [2.45, 2.75) is 58.3 Å². The van der Waals surface area contributed by atoms with Crippen molar-refractivity contribution >= 4 is 22.8 Å². The summed E-state index contributed by atoms with van der Waals surface area (Å²) in [7, 11) is 0. The molecule has 208 valence electrons. The maximum atomic E-state index is 13.5. The molecule has 10 heteroatoms. The minimum absolute atomic E-state index is 0.108. The van der Waals surface area contributed by atoms with Crippen LogP contribution in [-0.2, 0) is 25.6 Å². The van der Waals surface area contributed by atoms with Gasteiger partial charge in [-0.05, 0) is 96.0 Å². The third kappa shape index (κ3) is 5.85. The summed E-state index contributed by atoms with van der Waals surface area (Å²) in [6.45, 7) is 6.22. The van der Waals surface area contributed by atoms with Crippen LogP contribution in [0.1, 0.15) is 59.8 Å². The number of nitrogens with zero attached hydrogens (tertiary/aromatic N) is 3. The van der Waals surface area contributed by atoms with E-state index in [1.165, 1.54) is 6.07 Å². The number of aryl methyl sites for hydroxylation is 1. The molecule has 40 heavy (non-hydrogen) atoms. The summed E-state index contributed by atoms with van der Waals surface area (Å²) >= 11 is 0. The fourth-order valence-electron chi connectivity index (χ4n) is 5.02. The molecule has 0 radical (unpaired) electrons. The minimum Gasteiger partial charge on any atom is -0.333 e. The molecule has 0 saturated heterocycles. The second-order valence-electron chi connectivity index (χ2n) is 11.1. The first-order valence-electron chi connectivity index (χ1n) is 13.0. The number of carbonyl (C=O) groups excluding carboxylic acids is 2. The lowest BCUT2D eigenvalue weighted by Crippen LogP contribution is -2.50. The molecule has 3 aromatic carbocycles. The smallest absolute Gasteiger partial charge is 0.333 e. The molecule has 0 bridgehead atoms. The highest BCUT2D eigenvalue weighted by Gasteiger charge is 2.32. The molecule has 4 aromatic rings. The van der Waals surface area contributed by atoms with E-state index in [2.05, 4.69) is 15.6 Å². The van der Waals surface area contributed by atoms with Crippen molar-refractivity contribution in [2.24, 2.45) is 0 Å². The second kappa shape index (κ2) is 10.4. The van der Waals surface area contributed by atoms with E-state index in [1.54, 1.807) is 29.2 Å². The van der Waals surface area contributed by atoms with Gasteiger partial charge in [0.15, 0.2) is 5.78 Å². The van der Waals surface area contributed by atoms with Gasteiger partial charge >= 0.3 is 12.2 Å². The number of hydrogen-bond donors (Lipinski definition) is 1. The maximum absolute atomic E-state index is 13.5. The predicted octanol–water partition coefficient (Wildman–Crippen LogP) is 6.59. The van der Waals surface area contributed by atoms with Gasteiger partial charge in [-0.2, -0.15) is 13.2 Å². The number of hydrogen-bond acceptors (Lipinski definition) is 5. The summed E-state index contributed by atoms with van der Waals surface area (Å²) in [6, 6.07) is 13.8. The molecule has 0 atom stereocenters. The van der Waals surface area contributed by atoms with Gasteiger partial charge in [-0.25, -0.2) is 9.42 Å². The number of ketones is 1. The molecule has 2 amide bonds. The van der Waals surface area contributed by atoms with Gasteiger partial charge in [0.2, 0.25) is 0 Å². The lowest BCUT2D eigenvalue weighted by atomic mass is 9.85. The van der Waals surface area contributed by atoms with Crippen LogP contribution in [0.25, 0.3) is 22.2 Å². The Morgan fingerprint density at radius 1 is 0.975 bits per heavy atom. The van der Waals surface area contributed by atoms with Crippen LogP contribution in [0.2, 0.25) is 0 Å². The summed E-state index contributed by atoms with van der Waals surface area (Å²) in [5, 5.41) is 10.6. The normalized spacial score (nSPS) is 13.8. The molecule has 1 N–H and O–H groups in total. The Morgan fingerprint density at radius 2 is 1.75 bits per heavy atom. The molecule has 0 aliphatic carbocycles. The number of rotatable bonds is 5. The maximum Gasteiger partial charge on any atom is 0.416 e. The number of benzene rings is 3. The number of urea groups is 1. The Kier molecular flexibility index (Phi) is 7.12. The fraction of sp³-hybridized carbons (Fsp3) is 0.333. The van der Waals surface area contributed by atoms with Crippen molar-refractivity contribution in [1.82, 2.24) is 20.5 Å². The summed E-state index contributed by atoms with van der Waals surface area (Å²) in [6.07, 6.45) is -3.39. The summed E-state index contributed by atoms with van der Waals surface area (Å²) in [5.41, 5.74) is 3.95. The lowest BCUT2D eigenvalue weighted by molar-refractivity contribution is -0.137. The largest absolute Gasteiger partial charge is 0.416 e. The standard InChI is InChI=1S/C30H29F3N4O3/c1-29(2,3)34-28(39)37-14-13-22-21(19-5-4-6-20(16-19)30(31,32)33)9-10-23(24(22)17-37)27(38)12-8-18-7-11-25-26(15-18)36-40-35-25/h4-7,9-11,15-16H,8,12-14,17H2,1-3H3,(H,34,39).